The molecule has 0 radical (unpaired) electrons. The lowest BCUT2D eigenvalue weighted by atomic mass is 10.1. The van der Waals surface area contributed by atoms with Crippen LogP contribution in [0, 0.1) is 11.6 Å². The summed E-state index contributed by atoms with van der Waals surface area (Å²) in [6.45, 7) is 1.77. The summed E-state index contributed by atoms with van der Waals surface area (Å²) < 4.78 is 26.5. The van der Waals surface area contributed by atoms with Crippen LogP contribution in [0.5, 0.6) is 0 Å². The van der Waals surface area contributed by atoms with Crippen LogP contribution in [0.3, 0.4) is 0 Å². The highest BCUT2D eigenvalue weighted by molar-refractivity contribution is 7.99. The standard InChI is InChI=1S/C18H18F2N4OS2/c1-11(12-5-6-14(19)15(20)8-12)24(2)17(25)10-27-18-21-16(22-23-18)9-13-4-3-7-26-13/h3-8,11H,9-10H2,1-2H3,(H,21,22,23). The topological polar surface area (TPSA) is 61.9 Å². The Morgan fingerprint density at radius 3 is 2.85 bits per heavy atom. The maximum absolute atomic E-state index is 13.4. The van der Waals surface area contributed by atoms with Gasteiger partial charge in [0, 0.05) is 18.3 Å². The van der Waals surface area contributed by atoms with Crippen molar-refractivity contribution in [3.63, 3.8) is 0 Å². The SMILES string of the molecule is CC(c1ccc(F)c(F)c1)N(C)C(=O)CSc1n[nH]c(Cc2cccs2)n1. The third kappa shape index (κ3) is 4.92. The predicted octanol–water partition coefficient (Wildman–Crippen LogP) is 4.05. The number of thioether (sulfide) groups is 1. The molecule has 0 aliphatic carbocycles. The minimum Gasteiger partial charge on any atom is -0.338 e. The first-order valence-electron chi connectivity index (χ1n) is 8.21. The van der Waals surface area contributed by atoms with E-state index in [2.05, 4.69) is 15.2 Å². The van der Waals surface area contributed by atoms with Gasteiger partial charge in [0.2, 0.25) is 11.1 Å². The lowest BCUT2D eigenvalue weighted by molar-refractivity contribution is -0.128. The number of aromatic nitrogens is 3. The average Bonchev–Trinajstić information content (AvgIpc) is 3.33. The number of carbonyl (C=O) groups is 1. The van der Waals surface area contributed by atoms with Gasteiger partial charge in [-0.3, -0.25) is 9.89 Å². The van der Waals surface area contributed by atoms with Crippen LogP contribution in [0.4, 0.5) is 8.78 Å². The van der Waals surface area contributed by atoms with Crippen molar-refractivity contribution >= 4 is 29.0 Å². The smallest absolute Gasteiger partial charge is 0.233 e. The second-order valence-corrected chi connectivity index (χ2v) is 7.94. The van der Waals surface area contributed by atoms with Gasteiger partial charge in [-0.1, -0.05) is 23.9 Å². The van der Waals surface area contributed by atoms with Crippen molar-refractivity contribution in [2.45, 2.75) is 24.5 Å². The normalized spacial score (nSPS) is 12.1. The molecular formula is C18H18F2N4OS2. The first-order valence-corrected chi connectivity index (χ1v) is 10.1. The molecule has 2 heterocycles. The number of benzene rings is 1. The van der Waals surface area contributed by atoms with E-state index < -0.39 is 11.6 Å². The van der Waals surface area contributed by atoms with Crippen molar-refractivity contribution in [3.8, 4) is 0 Å². The minimum atomic E-state index is -0.923. The first-order chi connectivity index (χ1) is 12.9. The van der Waals surface area contributed by atoms with Gasteiger partial charge in [-0.25, -0.2) is 13.8 Å². The number of nitrogens with zero attached hydrogens (tertiary/aromatic N) is 3. The first kappa shape index (κ1) is 19.5. The van der Waals surface area contributed by atoms with E-state index in [-0.39, 0.29) is 17.7 Å². The Kier molecular flexibility index (Phi) is 6.22. The summed E-state index contributed by atoms with van der Waals surface area (Å²) in [7, 11) is 1.63. The third-order valence-electron chi connectivity index (χ3n) is 4.16. The molecule has 0 aliphatic rings. The van der Waals surface area contributed by atoms with Gasteiger partial charge in [0.15, 0.2) is 11.6 Å². The zero-order valence-corrected chi connectivity index (χ0v) is 16.4. The molecule has 1 atom stereocenters. The van der Waals surface area contributed by atoms with Crippen LogP contribution in [0.2, 0.25) is 0 Å². The molecule has 1 aromatic carbocycles. The number of rotatable bonds is 7. The molecule has 0 bridgehead atoms. The lowest BCUT2D eigenvalue weighted by Crippen LogP contribution is -2.31. The monoisotopic (exact) mass is 408 g/mol. The maximum Gasteiger partial charge on any atom is 0.233 e. The number of H-pyrrole nitrogens is 1. The van der Waals surface area contributed by atoms with Gasteiger partial charge in [-0.05, 0) is 36.1 Å². The van der Waals surface area contributed by atoms with Crippen molar-refractivity contribution in [1.82, 2.24) is 20.1 Å². The van der Waals surface area contributed by atoms with Gasteiger partial charge in [0.05, 0.1) is 11.8 Å². The van der Waals surface area contributed by atoms with Crippen molar-refractivity contribution in [1.29, 1.82) is 0 Å². The molecule has 1 N–H and O–H groups in total. The number of thiophene rings is 1. The second-order valence-electron chi connectivity index (χ2n) is 5.96. The molecule has 142 valence electrons. The molecule has 5 nitrogen and oxygen atoms in total. The van der Waals surface area contributed by atoms with E-state index in [1.807, 2.05) is 17.5 Å². The van der Waals surface area contributed by atoms with Crippen LogP contribution in [-0.4, -0.2) is 38.8 Å². The Morgan fingerprint density at radius 1 is 1.33 bits per heavy atom. The third-order valence-corrected chi connectivity index (χ3v) is 5.87. The highest BCUT2D eigenvalue weighted by atomic mass is 32.2. The van der Waals surface area contributed by atoms with E-state index in [1.54, 1.807) is 25.3 Å². The van der Waals surface area contributed by atoms with Crippen LogP contribution in [-0.2, 0) is 11.2 Å². The van der Waals surface area contributed by atoms with E-state index >= 15 is 0 Å². The molecule has 2 aromatic heterocycles. The largest absolute Gasteiger partial charge is 0.338 e. The van der Waals surface area contributed by atoms with Crippen molar-refractivity contribution in [3.05, 3.63) is 63.6 Å². The molecule has 1 amide bonds. The number of carbonyl (C=O) groups excluding carboxylic acids is 1. The molecule has 9 heteroatoms. The van der Waals surface area contributed by atoms with Gasteiger partial charge < -0.3 is 4.90 Å². The minimum absolute atomic E-state index is 0.151. The zero-order valence-electron chi connectivity index (χ0n) is 14.8. The van der Waals surface area contributed by atoms with Gasteiger partial charge in [0.1, 0.15) is 5.82 Å². The Labute approximate surface area is 163 Å². The summed E-state index contributed by atoms with van der Waals surface area (Å²) in [6.07, 6.45) is 0.673. The van der Waals surface area contributed by atoms with Crippen molar-refractivity contribution in [2.75, 3.05) is 12.8 Å². The predicted molar refractivity (Wildman–Crippen MR) is 102 cm³/mol. The Morgan fingerprint density at radius 2 is 2.15 bits per heavy atom. The van der Waals surface area contributed by atoms with Gasteiger partial charge in [0.25, 0.3) is 0 Å². The molecule has 0 saturated heterocycles. The highest BCUT2D eigenvalue weighted by Gasteiger charge is 2.19. The molecule has 0 spiro atoms. The zero-order chi connectivity index (χ0) is 19.4. The van der Waals surface area contributed by atoms with Gasteiger partial charge >= 0.3 is 0 Å². The van der Waals surface area contributed by atoms with Crippen LogP contribution in [0.1, 0.15) is 29.2 Å². The fourth-order valence-electron chi connectivity index (χ4n) is 2.44. The quantitative estimate of drug-likeness (QED) is 0.599. The molecule has 3 rings (SSSR count). The van der Waals surface area contributed by atoms with Gasteiger partial charge in [-0.2, -0.15) is 0 Å². The van der Waals surface area contributed by atoms with Crippen LogP contribution in [0.15, 0.2) is 40.9 Å². The number of halogens is 2. The molecule has 0 aliphatic heterocycles. The van der Waals surface area contributed by atoms with Crippen molar-refractivity contribution in [2.24, 2.45) is 0 Å². The van der Waals surface area contributed by atoms with Crippen LogP contribution in [0.25, 0.3) is 0 Å². The number of amides is 1. The molecule has 27 heavy (non-hydrogen) atoms. The van der Waals surface area contributed by atoms with E-state index in [1.165, 1.54) is 27.6 Å². The second kappa shape index (κ2) is 8.62. The maximum atomic E-state index is 13.4. The summed E-state index contributed by atoms with van der Waals surface area (Å²) >= 11 is 2.88. The van der Waals surface area contributed by atoms with E-state index in [9.17, 15) is 13.6 Å². The molecular weight excluding hydrogens is 390 g/mol. The number of hydrogen-bond donors (Lipinski definition) is 1. The van der Waals surface area contributed by atoms with Crippen LogP contribution < -0.4 is 0 Å². The van der Waals surface area contributed by atoms with E-state index in [0.717, 1.165) is 18.0 Å². The van der Waals surface area contributed by atoms with Crippen molar-refractivity contribution < 1.29 is 13.6 Å². The fraction of sp³-hybridized carbons (Fsp3) is 0.278. The molecule has 3 aromatic rings. The van der Waals surface area contributed by atoms with E-state index in [0.29, 0.717) is 17.1 Å². The number of nitrogens with one attached hydrogen (secondary N) is 1. The fourth-order valence-corrected chi connectivity index (χ4v) is 3.89. The summed E-state index contributed by atoms with van der Waals surface area (Å²) in [5, 5.41) is 9.51. The highest BCUT2D eigenvalue weighted by Crippen LogP contribution is 2.23. The molecule has 0 saturated carbocycles. The summed E-state index contributed by atoms with van der Waals surface area (Å²) in [4.78, 5) is 19.5. The van der Waals surface area contributed by atoms with Gasteiger partial charge in [-0.15, -0.1) is 16.4 Å². The Balaban J connectivity index is 1.55. The molecule has 0 fully saturated rings. The Hall–Kier alpha value is -2.26. The summed E-state index contributed by atoms with van der Waals surface area (Å²) in [5.41, 5.74) is 0.533. The van der Waals surface area contributed by atoms with Crippen LogP contribution >= 0.6 is 23.1 Å². The van der Waals surface area contributed by atoms with E-state index in [4.69, 9.17) is 0 Å². The molecule has 1 unspecified atom stereocenters. The summed E-state index contributed by atoms with van der Waals surface area (Å²) in [5.74, 6) is -1.08. The lowest BCUT2D eigenvalue weighted by Gasteiger charge is -2.25. The number of aromatic amines is 1. The Bertz CT molecular complexity index is 914. The summed E-state index contributed by atoms with van der Waals surface area (Å²) in [6, 6.07) is 7.29. The number of hydrogen-bond acceptors (Lipinski definition) is 5. The average molecular weight is 408 g/mol.